The van der Waals surface area contributed by atoms with Gasteiger partial charge in [-0.05, 0) is 39.3 Å². The zero-order valence-corrected chi connectivity index (χ0v) is 15.0. The molecule has 0 unspecified atom stereocenters. The van der Waals surface area contributed by atoms with Crippen molar-refractivity contribution in [2.75, 3.05) is 25.4 Å². The van der Waals surface area contributed by atoms with Crippen LogP contribution in [0.1, 0.15) is 25.0 Å². The van der Waals surface area contributed by atoms with Gasteiger partial charge in [0.05, 0.1) is 23.9 Å². The molecule has 3 aliphatic rings. The second kappa shape index (κ2) is 6.70. The van der Waals surface area contributed by atoms with Crippen molar-refractivity contribution in [3.63, 3.8) is 0 Å². The van der Waals surface area contributed by atoms with Crippen LogP contribution >= 0.6 is 23.1 Å². The second-order valence-corrected chi connectivity index (χ2v) is 8.74. The molecule has 1 saturated carbocycles. The number of likely N-dealkylation sites (tertiary alicyclic amines) is 1. The fourth-order valence-electron chi connectivity index (χ4n) is 4.10. The molecule has 4 rings (SSSR count). The summed E-state index contributed by atoms with van der Waals surface area (Å²) in [6.07, 6.45) is 3.97. The number of thiazole rings is 1. The van der Waals surface area contributed by atoms with Crippen LogP contribution in [0.5, 0.6) is 0 Å². The highest BCUT2D eigenvalue weighted by atomic mass is 32.2. The summed E-state index contributed by atoms with van der Waals surface area (Å²) in [7, 11) is 0. The second-order valence-electron chi connectivity index (χ2n) is 6.66. The smallest absolute Gasteiger partial charge is 0.230 e. The lowest BCUT2D eigenvalue weighted by Crippen LogP contribution is -2.70. The fraction of sp³-hybridized carbons (Fsp3) is 0.750. The molecule has 0 bridgehead atoms. The average Bonchev–Trinajstić information content (AvgIpc) is 3.25. The van der Waals surface area contributed by atoms with Gasteiger partial charge in [-0.3, -0.25) is 9.69 Å². The Balaban J connectivity index is 1.33. The number of ether oxygens (including phenoxy) is 1. The fourth-order valence-corrected chi connectivity index (χ4v) is 5.76. The van der Waals surface area contributed by atoms with Crippen molar-refractivity contribution in [1.82, 2.24) is 15.2 Å². The standard InChI is InChI=1S/C16H23N3O2S2/c1-10-8-22-16(17-10)23-9-12(20)18-13-11-4-7-21-15(11)14(13)19-5-2-3-6-19/h8,11,13-15H,2-7,9H2,1H3,(H,18,20)/t11-,13+,14-,15-/m1/s1. The normalized spacial score (nSPS) is 33.4. The van der Waals surface area contributed by atoms with Gasteiger partial charge in [0.25, 0.3) is 0 Å². The van der Waals surface area contributed by atoms with Gasteiger partial charge >= 0.3 is 0 Å². The van der Waals surface area contributed by atoms with E-state index in [4.69, 9.17) is 4.74 Å². The minimum atomic E-state index is 0.127. The lowest BCUT2D eigenvalue weighted by molar-refractivity contribution is -0.126. The average molecular weight is 354 g/mol. The third-order valence-electron chi connectivity index (χ3n) is 5.16. The summed E-state index contributed by atoms with van der Waals surface area (Å²) in [6.45, 7) is 5.13. The number of nitrogens with zero attached hydrogens (tertiary/aromatic N) is 2. The number of hydrogen-bond acceptors (Lipinski definition) is 6. The first-order valence-electron chi connectivity index (χ1n) is 8.42. The molecule has 1 aromatic rings. The quantitative estimate of drug-likeness (QED) is 0.820. The number of amides is 1. The van der Waals surface area contributed by atoms with Gasteiger partial charge in [-0.25, -0.2) is 4.98 Å². The molecule has 3 heterocycles. The largest absolute Gasteiger partial charge is 0.376 e. The van der Waals surface area contributed by atoms with E-state index in [1.54, 1.807) is 11.3 Å². The van der Waals surface area contributed by atoms with Crippen molar-refractivity contribution in [3.8, 4) is 0 Å². The Labute approximate surface area is 145 Å². The summed E-state index contributed by atoms with van der Waals surface area (Å²) >= 11 is 3.15. The number of thioether (sulfide) groups is 1. The molecular formula is C16H23N3O2S2. The van der Waals surface area contributed by atoms with Crippen LogP contribution in [0.4, 0.5) is 0 Å². The van der Waals surface area contributed by atoms with Gasteiger partial charge in [0.15, 0.2) is 4.34 Å². The SMILES string of the molecule is Cc1csc(SCC(=O)N[C@H]2[C@H]3CCO[C@H]3[C@@H]2N2CCCC2)n1. The number of carbonyl (C=O) groups is 1. The Hall–Kier alpha value is -0.630. The molecule has 1 aromatic heterocycles. The van der Waals surface area contributed by atoms with Crippen LogP contribution in [0.25, 0.3) is 0 Å². The molecule has 0 radical (unpaired) electrons. The maximum Gasteiger partial charge on any atom is 0.230 e. The van der Waals surface area contributed by atoms with E-state index in [-0.39, 0.29) is 11.9 Å². The van der Waals surface area contributed by atoms with Crippen LogP contribution in [-0.2, 0) is 9.53 Å². The minimum Gasteiger partial charge on any atom is -0.376 e. The number of rotatable bonds is 5. The summed E-state index contributed by atoms with van der Waals surface area (Å²) in [4.78, 5) is 19.3. The molecule has 3 fully saturated rings. The topological polar surface area (TPSA) is 54.5 Å². The lowest BCUT2D eigenvalue weighted by atomic mass is 9.70. The molecule has 0 aromatic carbocycles. The number of aromatic nitrogens is 1. The van der Waals surface area contributed by atoms with Gasteiger partial charge < -0.3 is 10.1 Å². The molecule has 2 saturated heterocycles. The molecule has 1 amide bonds. The van der Waals surface area contributed by atoms with Gasteiger partial charge in [0.1, 0.15) is 0 Å². The maximum absolute atomic E-state index is 12.4. The molecule has 5 nitrogen and oxygen atoms in total. The molecule has 4 atom stereocenters. The van der Waals surface area contributed by atoms with E-state index in [1.165, 1.54) is 24.6 Å². The van der Waals surface area contributed by atoms with Gasteiger partial charge in [-0.1, -0.05) is 11.8 Å². The van der Waals surface area contributed by atoms with Crippen molar-refractivity contribution in [1.29, 1.82) is 0 Å². The van der Waals surface area contributed by atoms with Gasteiger partial charge in [0, 0.05) is 23.6 Å². The highest BCUT2D eigenvalue weighted by Gasteiger charge is 2.56. The van der Waals surface area contributed by atoms with Crippen LogP contribution in [-0.4, -0.2) is 59.4 Å². The first-order chi connectivity index (χ1) is 11.2. The van der Waals surface area contributed by atoms with Crippen molar-refractivity contribution in [2.45, 2.75) is 48.7 Å². The van der Waals surface area contributed by atoms with Crippen molar-refractivity contribution in [3.05, 3.63) is 11.1 Å². The van der Waals surface area contributed by atoms with Gasteiger partial charge in [-0.15, -0.1) is 11.3 Å². The summed E-state index contributed by atoms with van der Waals surface area (Å²) in [5.74, 6) is 1.09. The predicted molar refractivity (Wildman–Crippen MR) is 91.9 cm³/mol. The molecule has 1 N–H and O–H groups in total. The molecule has 0 spiro atoms. The number of fused-ring (bicyclic) bond motifs is 1. The number of hydrogen-bond donors (Lipinski definition) is 1. The number of aryl methyl sites for hydroxylation is 1. The summed E-state index contributed by atoms with van der Waals surface area (Å²) in [5, 5.41) is 5.31. The Bertz CT molecular complexity index is 569. The molecule has 2 aliphatic heterocycles. The zero-order valence-electron chi connectivity index (χ0n) is 13.4. The van der Waals surface area contributed by atoms with E-state index >= 15 is 0 Å². The summed E-state index contributed by atoms with van der Waals surface area (Å²) < 4.78 is 6.89. The summed E-state index contributed by atoms with van der Waals surface area (Å²) in [5.41, 5.74) is 1.02. The van der Waals surface area contributed by atoms with Crippen LogP contribution in [0.3, 0.4) is 0 Å². The van der Waals surface area contributed by atoms with Gasteiger partial charge in [-0.2, -0.15) is 0 Å². The van der Waals surface area contributed by atoms with Crippen LogP contribution in [0, 0.1) is 12.8 Å². The van der Waals surface area contributed by atoms with E-state index < -0.39 is 0 Å². The molecule has 126 valence electrons. The Morgan fingerprint density at radius 3 is 3.09 bits per heavy atom. The molecule has 1 aliphatic carbocycles. The summed E-state index contributed by atoms with van der Waals surface area (Å²) in [6, 6.07) is 0.660. The van der Waals surface area contributed by atoms with E-state index in [0.29, 0.717) is 23.8 Å². The molecular weight excluding hydrogens is 330 g/mol. The van der Waals surface area contributed by atoms with E-state index in [1.807, 2.05) is 12.3 Å². The first kappa shape index (κ1) is 15.9. The predicted octanol–water partition coefficient (Wildman–Crippen LogP) is 1.91. The van der Waals surface area contributed by atoms with Crippen molar-refractivity contribution < 1.29 is 9.53 Å². The van der Waals surface area contributed by atoms with Crippen LogP contribution in [0.2, 0.25) is 0 Å². The first-order valence-corrected chi connectivity index (χ1v) is 10.3. The highest BCUT2D eigenvalue weighted by Crippen LogP contribution is 2.42. The van der Waals surface area contributed by atoms with Crippen LogP contribution in [0.15, 0.2) is 9.72 Å². The highest BCUT2D eigenvalue weighted by molar-refractivity contribution is 8.01. The minimum absolute atomic E-state index is 0.127. The molecule has 7 heteroatoms. The maximum atomic E-state index is 12.4. The number of carbonyl (C=O) groups excluding carboxylic acids is 1. The third-order valence-corrected chi connectivity index (χ3v) is 7.30. The zero-order chi connectivity index (χ0) is 15.8. The van der Waals surface area contributed by atoms with Gasteiger partial charge in [0.2, 0.25) is 5.91 Å². The number of nitrogens with one attached hydrogen (secondary N) is 1. The monoisotopic (exact) mass is 353 g/mol. The Morgan fingerprint density at radius 1 is 1.52 bits per heavy atom. The lowest BCUT2D eigenvalue weighted by Gasteiger charge is -2.51. The van der Waals surface area contributed by atoms with Crippen molar-refractivity contribution in [2.24, 2.45) is 5.92 Å². The van der Waals surface area contributed by atoms with E-state index in [2.05, 4.69) is 15.2 Å². The third kappa shape index (κ3) is 3.16. The Morgan fingerprint density at radius 2 is 2.35 bits per heavy atom. The Kier molecular flexibility index (Phi) is 4.63. The van der Waals surface area contributed by atoms with E-state index in [0.717, 1.165) is 36.2 Å². The van der Waals surface area contributed by atoms with Crippen molar-refractivity contribution >= 4 is 29.0 Å². The van der Waals surface area contributed by atoms with Crippen LogP contribution < -0.4 is 5.32 Å². The van der Waals surface area contributed by atoms with E-state index in [9.17, 15) is 4.79 Å². The molecule has 23 heavy (non-hydrogen) atoms.